The molecule has 36 heavy (non-hydrogen) atoms. The van der Waals surface area contributed by atoms with Gasteiger partial charge in [-0.1, -0.05) is 30.3 Å². The number of benzene rings is 2. The lowest BCUT2D eigenvalue weighted by Crippen LogP contribution is -2.44. The minimum atomic E-state index is -0.982. The summed E-state index contributed by atoms with van der Waals surface area (Å²) in [5.41, 5.74) is 2.74. The molecule has 1 aromatic heterocycles. The number of imide groups is 1. The molecule has 0 saturated carbocycles. The van der Waals surface area contributed by atoms with Crippen molar-refractivity contribution >= 4 is 51.8 Å². The zero-order valence-corrected chi connectivity index (χ0v) is 20.4. The summed E-state index contributed by atoms with van der Waals surface area (Å²) in [5.74, 6) is -1.64. The monoisotopic (exact) mass is 503 g/mol. The normalized spacial score (nSPS) is 17.4. The SMILES string of the molecule is O=C(O)c1cccc(Cn2cc(/C=C3\SC(=O)N(CC(=O)N4CCCCC4)C3=O)c3ccccc32)c1. The van der Waals surface area contributed by atoms with Crippen LogP contribution in [0.25, 0.3) is 17.0 Å². The van der Waals surface area contributed by atoms with Crippen molar-refractivity contribution in [3.63, 3.8) is 0 Å². The fraction of sp³-hybridized carbons (Fsp3) is 0.259. The van der Waals surface area contributed by atoms with Gasteiger partial charge in [-0.05, 0) is 60.9 Å². The summed E-state index contributed by atoms with van der Waals surface area (Å²) in [4.78, 5) is 52.7. The fourth-order valence-electron chi connectivity index (χ4n) is 4.68. The van der Waals surface area contributed by atoms with Crippen LogP contribution in [0.3, 0.4) is 0 Å². The number of carbonyl (C=O) groups is 4. The Morgan fingerprint density at radius 2 is 1.78 bits per heavy atom. The topological polar surface area (TPSA) is 99.9 Å². The Bertz CT molecular complexity index is 1400. The van der Waals surface area contributed by atoms with Crippen LogP contribution < -0.4 is 0 Å². The van der Waals surface area contributed by atoms with E-state index in [1.807, 2.05) is 41.1 Å². The molecule has 9 heteroatoms. The molecule has 0 aliphatic carbocycles. The minimum Gasteiger partial charge on any atom is -0.478 e. The van der Waals surface area contributed by atoms with E-state index >= 15 is 0 Å². The Hall–Kier alpha value is -3.85. The number of carbonyl (C=O) groups excluding carboxylic acids is 3. The molecule has 1 N–H and O–H groups in total. The van der Waals surface area contributed by atoms with Gasteiger partial charge in [-0.2, -0.15) is 0 Å². The predicted octanol–water partition coefficient (Wildman–Crippen LogP) is 4.44. The first kappa shape index (κ1) is 23.9. The number of nitrogens with zero attached hydrogens (tertiary/aromatic N) is 3. The molecule has 0 unspecified atom stereocenters. The lowest BCUT2D eigenvalue weighted by molar-refractivity contribution is -0.136. The summed E-state index contributed by atoms with van der Waals surface area (Å²) in [7, 11) is 0. The van der Waals surface area contributed by atoms with Gasteiger partial charge in [-0.25, -0.2) is 4.79 Å². The van der Waals surface area contributed by atoms with E-state index in [1.165, 1.54) is 0 Å². The van der Waals surface area contributed by atoms with Gasteiger partial charge in [0.25, 0.3) is 11.1 Å². The standard InChI is InChI=1S/C27H25N3O5S/c31-24(28-11-4-1-5-12-28)17-30-25(32)23(36-27(30)35)14-20-16-29(22-10-3-2-9-21(20)22)15-18-7-6-8-19(13-18)26(33)34/h2-3,6-10,13-14,16H,1,4-5,11-12,15,17H2,(H,33,34)/b23-14-. The highest BCUT2D eigenvalue weighted by atomic mass is 32.2. The van der Waals surface area contributed by atoms with Crippen molar-refractivity contribution in [3.05, 3.63) is 76.3 Å². The first-order chi connectivity index (χ1) is 17.4. The van der Waals surface area contributed by atoms with Crippen molar-refractivity contribution in [1.82, 2.24) is 14.4 Å². The summed E-state index contributed by atoms with van der Waals surface area (Å²) in [6, 6.07) is 14.5. The van der Waals surface area contributed by atoms with Crippen LogP contribution in [0.2, 0.25) is 0 Å². The van der Waals surface area contributed by atoms with Crippen molar-refractivity contribution < 1.29 is 24.3 Å². The van der Waals surface area contributed by atoms with Gasteiger partial charge < -0.3 is 14.6 Å². The number of likely N-dealkylation sites (tertiary alicyclic amines) is 1. The molecule has 2 saturated heterocycles. The van der Waals surface area contributed by atoms with Crippen molar-refractivity contribution in [2.24, 2.45) is 0 Å². The lowest BCUT2D eigenvalue weighted by Gasteiger charge is -2.27. The number of piperidine rings is 1. The molecule has 0 bridgehead atoms. The average molecular weight is 504 g/mol. The van der Waals surface area contributed by atoms with Gasteiger partial charge in [0, 0.05) is 42.3 Å². The highest BCUT2D eigenvalue weighted by Gasteiger charge is 2.37. The van der Waals surface area contributed by atoms with Gasteiger partial charge in [0.05, 0.1) is 10.5 Å². The van der Waals surface area contributed by atoms with E-state index in [2.05, 4.69) is 0 Å². The lowest BCUT2D eigenvalue weighted by atomic mass is 10.1. The molecule has 3 aromatic rings. The predicted molar refractivity (Wildman–Crippen MR) is 138 cm³/mol. The molecule has 0 spiro atoms. The zero-order chi connectivity index (χ0) is 25.2. The Labute approximate surface area is 212 Å². The highest BCUT2D eigenvalue weighted by molar-refractivity contribution is 8.18. The number of para-hydroxylation sites is 1. The summed E-state index contributed by atoms with van der Waals surface area (Å²) >= 11 is 0.846. The summed E-state index contributed by atoms with van der Waals surface area (Å²) in [5, 5.41) is 9.77. The van der Waals surface area contributed by atoms with E-state index in [9.17, 15) is 24.3 Å². The average Bonchev–Trinajstić information content (AvgIpc) is 3.36. The Kier molecular flexibility index (Phi) is 6.65. The first-order valence-electron chi connectivity index (χ1n) is 11.8. The van der Waals surface area contributed by atoms with E-state index in [4.69, 9.17) is 0 Å². The number of hydrogen-bond donors (Lipinski definition) is 1. The number of carboxylic acid groups (broad SMARTS) is 1. The maximum Gasteiger partial charge on any atom is 0.335 e. The first-order valence-corrected chi connectivity index (χ1v) is 12.7. The number of rotatable bonds is 6. The van der Waals surface area contributed by atoms with Gasteiger partial charge >= 0.3 is 5.97 Å². The van der Waals surface area contributed by atoms with Gasteiger partial charge in [-0.3, -0.25) is 19.3 Å². The molecule has 184 valence electrons. The van der Waals surface area contributed by atoms with Gasteiger partial charge in [-0.15, -0.1) is 0 Å². The van der Waals surface area contributed by atoms with Crippen molar-refractivity contribution in [3.8, 4) is 0 Å². The number of hydrogen-bond acceptors (Lipinski definition) is 5. The van der Waals surface area contributed by atoms with Crippen molar-refractivity contribution in [2.45, 2.75) is 25.8 Å². The third-order valence-corrected chi connectivity index (χ3v) is 7.42. The third kappa shape index (κ3) is 4.79. The van der Waals surface area contributed by atoms with E-state index in [0.29, 0.717) is 19.6 Å². The van der Waals surface area contributed by atoms with E-state index < -0.39 is 17.1 Å². The molecule has 5 rings (SSSR count). The maximum absolute atomic E-state index is 13.1. The largest absolute Gasteiger partial charge is 0.478 e. The Balaban J connectivity index is 1.40. The van der Waals surface area contributed by atoms with E-state index in [0.717, 1.165) is 58.0 Å². The van der Waals surface area contributed by atoms with Crippen LogP contribution in [0.1, 0.15) is 40.7 Å². The number of amides is 3. The van der Waals surface area contributed by atoms with Crippen LogP contribution in [0, 0.1) is 0 Å². The molecule has 2 fully saturated rings. The number of aromatic carboxylic acids is 1. The second kappa shape index (κ2) is 10.0. The summed E-state index contributed by atoms with van der Waals surface area (Å²) < 4.78 is 1.99. The van der Waals surface area contributed by atoms with Crippen molar-refractivity contribution in [2.75, 3.05) is 19.6 Å². The van der Waals surface area contributed by atoms with E-state index in [1.54, 1.807) is 29.2 Å². The highest BCUT2D eigenvalue weighted by Crippen LogP contribution is 2.34. The summed E-state index contributed by atoms with van der Waals surface area (Å²) in [6.45, 7) is 1.55. The third-order valence-electron chi connectivity index (χ3n) is 6.51. The number of fused-ring (bicyclic) bond motifs is 1. The van der Waals surface area contributed by atoms with Crippen LogP contribution in [0.15, 0.2) is 59.6 Å². The molecular weight excluding hydrogens is 478 g/mol. The number of carboxylic acids is 1. The molecule has 0 atom stereocenters. The molecule has 3 amide bonds. The molecule has 3 heterocycles. The second-order valence-corrected chi connectivity index (χ2v) is 9.94. The Morgan fingerprint density at radius 3 is 2.56 bits per heavy atom. The molecule has 2 aliphatic rings. The molecule has 8 nitrogen and oxygen atoms in total. The van der Waals surface area contributed by atoms with Gasteiger partial charge in [0.1, 0.15) is 6.54 Å². The Morgan fingerprint density at radius 1 is 1.00 bits per heavy atom. The summed E-state index contributed by atoms with van der Waals surface area (Å²) in [6.07, 6.45) is 6.57. The van der Waals surface area contributed by atoms with Gasteiger partial charge in [0.15, 0.2) is 0 Å². The minimum absolute atomic E-state index is 0.196. The number of aromatic nitrogens is 1. The molecule has 0 radical (unpaired) electrons. The van der Waals surface area contributed by atoms with Crippen LogP contribution in [0.5, 0.6) is 0 Å². The van der Waals surface area contributed by atoms with E-state index in [-0.39, 0.29) is 22.9 Å². The zero-order valence-electron chi connectivity index (χ0n) is 19.6. The quantitative estimate of drug-likeness (QED) is 0.500. The molecule has 2 aromatic carbocycles. The van der Waals surface area contributed by atoms with Crippen LogP contribution in [0.4, 0.5) is 4.79 Å². The number of thioether (sulfide) groups is 1. The van der Waals surface area contributed by atoms with Crippen LogP contribution >= 0.6 is 11.8 Å². The fourth-order valence-corrected chi connectivity index (χ4v) is 5.51. The molecular formula is C27H25N3O5S. The van der Waals surface area contributed by atoms with Crippen LogP contribution in [-0.4, -0.2) is 62.1 Å². The van der Waals surface area contributed by atoms with Gasteiger partial charge in [0.2, 0.25) is 5.91 Å². The van der Waals surface area contributed by atoms with Crippen molar-refractivity contribution in [1.29, 1.82) is 0 Å². The second-order valence-electron chi connectivity index (χ2n) is 8.94. The smallest absolute Gasteiger partial charge is 0.335 e. The maximum atomic E-state index is 13.1. The van der Waals surface area contributed by atoms with Crippen LogP contribution in [-0.2, 0) is 16.1 Å². The molecule has 2 aliphatic heterocycles.